The SMILES string of the molecule is COc1ccc(OC)c(-c2ccccc2CCCCNC(=O)Nc2c(SC)cc(C)nc2SC)c1. The molecule has 2 N–H and O–H groups in total. The number of ether oxygens (including phenoxy) is 2. The van der Waals surface area contributed by atoms with Crippen LogP contribution in [0, 0.1) is 6.92 Å². The van der Waals surface area contributed by atoms with Crippen molar-refractivity contribution in [3.63, 3.8) is 0 Å². The van der Waals surface area contributed by atoms with Gasteiger partial charge in [0.05, 0.1) is 19.9 Å². The van der Waals surface area contributed by atoms with Crippen LogP contribution in [0.4, 0.5) is 10.5 Å². The van der Waals surface area contributed by atoms with E-state index in [1.807, 2.05) is 49.8 Å². The van der Waals surface area contributed by atoms with Crippen LogP contribution in [0.1, 0.15) is 24.1 Å². The van der Waals surface area contributed by atoms with Crippen LogP contribution < -0.4 is 20.1 Å². The zero-order chi connectivity index (χ0) is 25.2. The minimum atomic E-state index is -0.206. The number of benzene rings is 2. The van der Waals surface area contributed by atoms with Gasteiger partial charge in [0.1, 0.15) is 16.5 Å². The van der Waals surface area contributed by atoms with Gasteiger partial charge in [-0.3, -0.25) is 0 Å². The number of aromatic nitrogens is 1. The van der Waals surface area contributed by atoms with E-state index in [4.69, 9.17) is 9.47 Å². The smallest absolute Gasteiger partial charge is 0.319 e. The zero-order valence-electron chi connectivity index (χ0n) is 20.9. The number of rotatable bonds is 11. The molecule has 8 heteroatoms. The summed E-state index contributed by atoms with van der Waals surface area (Å²) in [6, 6.07) is 16.0. The minimum absolute atomic E-state index is 0.206. The summed E-state index contributed by atoms with van der Waals surface area (Å²) >= 11 is 3.13. The van der Waals surface area contributed by atoms with Gasteiger partial charge in [-0.15, -0.1) is 23.5 Å². The van der Waals surface area contributed by atoms with Gasteiger partial charge in [0, 0.05) is 22.7 Å². The highest BCUT2D eigenvalue weighted by Crippen LogP contribution is 2.36. The molecule has 0 spiro atoms. The average molecular weight is 512 g/mol. The van der Waals surface area contributed by atoms with Gasteiger partial charge in [-0.05, 0) is 74.1 Å². The van der Waals surface area contributed by atoms with Crippen molar-refractivity contribution < 1.29 is 14.3 Å². The molecule has 0 aliphatic heterocycles. The van der Waals surface area contributed by atoms with Crippen molar-refractivity contribution in [3.8, 4) is 22.6 Å². The van der Waals surface area contributed by atoms with Gasteiger partial charge in [-0.1, -0.05) is 24.3 Å². The van der Waals surface area contributed by atoms with E-state index in [9.17, 15) is 4.79 Å². The van der Waals surface area contributed by atoms with E-state index < -0.39 is 0 Å². The van der Waals surface area contributed by atoms with Crippen molar-refractivity contribution in [2.45, 2.75) is 36.1 Å². The molecule has 186 valence electrons. The molecule has 0 aliphatic carbocycles. The second-order valence-electron chi connectivity index (χ2n) is 7.91. The Hall–Kier alpha value is -2.84. The number of urea groups is 1. The number of methoxy groups -OCH3 is 2. The molecule has 0 aliphatic rings. The molecular weight excluding hydrogens is 478 g/mol. The summed E-state index contributed by atoms with van der Waals surface area (Å²) in [7, 11) is 3.35. The van der Waals surface area contributed by atoms with E-state index in [2.05, 4.69) is 33.8 Å². The molecule has 3 aromatic rings. The van der Waals surface area contributed by atoms with Crippen LogP contribution in [-0.4, -0.2) is 44.3 Å². The van der Waals surface area contributed by atoms with Crippen molar-refractivity contribution in [2.24, 2.45) is 0 Å². The maximum Gasteiger partial charge on any atom is 0.319 e. The molecule has 3 rings (SSSR count). The zero-order valence-corrected chi connectivity index (χ0v) is 22.6. The van der Waals surface area contributed by atoms with Crippen molar-refractivity contribution in [2.75, 3.05) is 38.6 Å². The van der Waals surface area contributed by atoms with Gasteiger partial charge < -0.3 is 20.1 Å². The molecule has 1 heterocycles. The standard InChI is InChI=1S/C27H33N3O3S2/c1-18-16-24(34-4)25(26(29-18)35-5)30-27(31)28-15-9-8-11-19-10-6-7-12-21(19)22-17-20(32-2)13-14-23(22)33-3/h6-7,10,12-14,16-17H,8-9,11,15H2,1-5H3,(H2,28,30,31). The maximum atomic E-state index is 12.5. The van der Waals surface area contributed by atoms with Crippen molar-refractivity contribution in [1.82, 2.24) is 10.3 Å². The Kier molecular flexibility index (Phi) is 10.2. The fourth-order valence-corrected chi connectivity index (χ4v) is 5.17. The minimum Gasteiger partial charge on any atom is -0.497 e. The fourth-order valence-electron chi connectivity index (χ4n) is 3.87. The Bertz CT molecular complexity index is 1130. The fraction of sp³-hybridized carbons (Fsp3) is 0.333. The Balaban J connectivity index is 1.58. The molecule has 6 nitrogen and oxygen atoms in total. The molecule has 2 amide bonds. The lowest BCUT2D eigenvalue weighted by atomic mass is 9.95. The number of anilines is 1. The first-order valence-electron chi connectivity index (χ1n) is 11.5. The van der Waals surface area contributed by atoms with Gasteiger partial charge in [-0.2, -0.15) is 0 Å². The second kappa shape index (κ2) is 13.3. The molecule has 0 radical (unpaired) electrons. The number of hydrogen-bond acceptors (Lipinski definition) is 6. The number of nitrogens with one attached hydrogen (secondary N) is 2. The van der Waals surface area contributed by atoms with E-state index in [0.717, 1.165) is 63.2 Å². The second-order valence-corrected chi connectivity index (χ2v) is 9.55. The number of carbonyl (C=O) groups excluding carboxylic acids is 1. The molecule has 0 saturated carbocycles. The molecule has 0 saturated heterocycles. The van der Waals surface area contributed by atoms with Gasteiger partial charge in [-0.25, -0.2) is 9.78 Å². The highest BCUT2D eigenvalue weighted by Gasteiger charge is 2.14. The number of unbranched alkanes of at least 4 members (excludes halogenated alkanes) is 1. The van der Waals surface area contributed by atoms with Gasteiger partial charge in [0.2, 0.25) is 0 Å². The molecule has 0 fully saturated rings. The summed E-state index contributed by atoms with van der Waals surface area (Å²) in [4.78, 5) is 18.1. The highest BCUT2D eigenvalue weighted by molar-refractivity contribution is 7.99. The first-order chi connectivity index (χ1) is 17.0. The lowest BCUT2D eigenvalue weighted by molar-refractivity contribution is 0.252. The van der Waals surface area contributed by atoms with Crippen LogP contribution in [0.3, 0.4) is 0 Å². The van der Waals surface area contributed by atoms with Crippen LogP contribution >= 0.6 is 23.5 Å². The largest absolute Gasteiger partial charge is 0.497 e. The average Bonchev–Trinajstić information content (AvgIpc) is 2.88. The molecule has 35 heavy (non-hydrogen) atoms. The van der Waals surface area contributed by atoms with Gasteiger partial charge in [0.25, 0.3) is 0 Å². The van der Waals surface area contributed by atoms with E-state index in [-0.39, 0.29) is 6.03 Å². The number of hydrogen-bond donors (Lipinski definition) is 2. The summed E-state index contributed by atoms with van der Waals surface area (Å²) in [5.74, 6) is 1.61. The first kappa shape index (κ1) is 26.8. The van der Waals surface area contributed by atoms with Crippen molar-refractivity contribution in [1.29, 1.82) is 0 Å². The predicted octanol–water partition coefficient (Wildman–Crippen LogP) is 6.66. The van der Waals surface area contributed by atoms with Gasteiger partial charge >= 0.3 is 6.03 Å². The molecule has 0 bridgehead atoms. The van der Waals surface area contributed by atoms with Crippen LogP contribution in [0.2, 0.25) is 0 Å². The first-order valence-corrected chi connectivity index (χ1v) is 13.9. The maximum absolute atomic E-state index is 12.5. The Morgan fingerprint density at radius 1 is 0.971 bits per heavy atom. The summed E-state index contributed by atoms with van der Waals surface area (Å²) in [6.07, 6.45) is 6.68. The molecule has 2 aromatic carbocycles. The van der Waals surface area contributed by atoms with Gasteiger partial charge in [0.15, 0.2) is 0 Å². The molecule has 1 aromatic heterocycles. The van der Waals surface area contributed by atoms with Crippen LogP contribution in [-0.2, 0) is 6.42 Å². The number of amides is 2. The summed E-state index contributed by atoms with van der Waals surface area (Å²) in [5, 5.41) is 6.80. The summed E-state index contributed by atoms with van der Waals surface area (Å²) in [5.41, 5.74) is 5.10. The molecule has 0 atom stereocenters. The van der Waals surface area contributed by atoms with E-state index in [1.54, 1.807) is 26.0 Å². The van der Waals surface area contributed by atoms with E-state index in [0.29, 0.717) is 6.54 Å². The van der Waals surface area contributed by atoms with E-state index >= 15 is 0 Å². The number of aryl methyl sites for hydroxylation is 2. The quantitative estimate of drug-likeness (QED) is 0.221. The number of nitrogens with zero attached hydrogens (tertiary/aromatic N) is 1. The normalized spacial score (nSPS) is 10.7. The van der Waals surface area contributed by atoms with E-state index in [1.165, 1.54) is 17.3 Å². The lowest BCUT2D eigenvalue weighted by Crippen LogP contribution is -2.30. The monoisotopic (exact) mass is 511 g/mol. The Labute approximate surface area is 216 Å². The third kappa shape index (κ3) is 7.08. The van der Waals surface area contributed by atoms with Crippen LogP contribution in [0.25, 0.3) is 11.1 Å². The molecular formula is C27H33N3O3S2. The summed E-state index contributed by atoms with van der Waals surface area (Å²) in [6.45, 7) is 2.56. The van der Waals surface area contributed by atoms with Crippen LogP contribution in [0.5, 0.6) is 11.5 Å². The van der Waals surface area contributed by atoms with Crippen molar-refractivity contribution >= 4 is 35.2 Å². The highest BCUT2D eigenvalue weighted by atomic mass is 32.2. The number of carbonyl (C=O) groups is 1. The van der Waals surface area contributed by atoms with Crippen LogP contribution in [0.15, 0.2) is 58.5 Å². The predicted molar refractivity (Wildman–Crippen MR) is 147 cm³/mol. The molecule has 0 unspecified atom stereocenters. The Morgan fingerprint density at radius 2 is 1.77 bits per heavy atom. The number of thioether (sulfide) groups is 2. The third-order valence-electron chi connectivity index (χ3n) is 5.60. The van der Waals surface area contributed by atoms with Crippen molar-refractivity contribution in [3.05, 3.63) is 59.8 Å². The number of pyridine rings is 1. The lowest BCUT2D eigenvalue weighted by Gasteiger charge is -2.15. The third-order valence-corrected chi connectivity index (χ3v) is 7.05. The summed E-state index contributed by atoms with van der Waals surface area (Å²) < 4.78 is 11.0. The Morgan fingerprint density at radius 3 is 2.49 bits per heavy atom. The topological polar surface area (TPSA) is 72.5 Å².